The van der Waals surface area contributed by atoms with Crippen LogP contribution in [0.1, 0.15) is 0 Å². The maximum atomic E-state index is 5.24. The molecule has 2 rings (SSSR count). The van der Waals surface area contributed by atoms with Gasteiger partial charge in [0.2, 0.25) is 0 Å². The molecule has 5 heteroatoms. The summed E-state index contributed by atoms with van der Waals surface area (Å²) in [5, 5.41) is 3.23. The van der Waals surface area contributed by atoms with E-state index in [1.165, 1.54) is 0 Å². The largest absolute Gasteiger partial charge is 0.379 e. The highest BCUT2D eigenvalue weighted by atomic mass is 32.2. The lowest BCUT2D eigenvalue weighted by Gasteiger charge is -2.27. The number of hydrogen-bond donors (Lipinski definition) is 1. The molecule has 0 aliphatic carbocycles. The standard InChI is InChI=1S/C7H13N3OS/c1-6-12-7(8-1)9-10-2-4-11-5-3-10/h1-6H2,(H,8,9). The van der Waals surface area contributed by atoms with Crippen LogP contribution in [-0.4, -0.2) is 48.8 Å². The van der Waals surface area contributed by atoms with Gasteiger partial charge in [0, 0.05) is 18.8 Å². The van der Waals surface area contributed by atoms with Crippen molar-refractivity contribution in [2.75, 3.05) is 38.6 Å². The van der Waals surface area contributed by atoms with Crippen LogP contribution in [0.2, 0.25) is 0 Å². The zero-order chi connectivity index (χ0) is 8.23. The molecular formula is C7H13N3OS. The number of thioether (sulfide) groups is 1. The maximum Gasteiger partial charge on any atom is 0.171 e. The summed E-state index contributed by atoms with van der Waals surface area (Å²) in [4.78, 5) is 4.32. The second-order valence-corrected chi connectivity index (χ2v) is 3.83. The van der Waals surface area contributed by atoms with Crippen LogP contribution in [0.3, 0.4) is 0 Å². The number of amidine groups is 1. The molecule has 0 spiro atoms. The first-order valence-electron chi connectivity index (χ1n) is 4.22. The average molecular weight is 187 g/mol. The molecule has 1 fully saturated rings. The van der Waals surface area contributed by atoms with Crippen LogP contribution in [0.4, 0.5) is 0 Å². The summed E-state index contributed by atoms with van der Waals surface area (Å²) >= 11 is 1.79. The summed E-state index contributed by atoms with van der Waals surface area (Å²) in [5.41, 5.74) is 3.28. The Bertz CT molecular complexity index is 179. The van der Waals surface area contributed by atoms with Gasteiger partial charge >= 0.3 is 0 Å². The zero-order valence-corrected chi connectivity index (χ0v) is 7.77. The Kier molecular flexibility index (Phi) is 2.86. The highest BCUT2D eigenvalue weighted by molar-refractivity contribution is 8.14. The third kappa shape index (κ3) is 2.12. The predicted molar refractivity (Wildman–Crippen MR) is 50.3 cm³/mol. The van der Waals surface area contributed by atoms with Gasteiger partial charge in [-0.05, 0) is 0 Å². The molecule has 12 heavy (non-hydrogen) atoms. The molecule has 0 radical (unpaired) electrons. The quantitative estimate of drug-likeness (QED) is 0.623. The minimum absolute atomic E-state index is 0.824. The molecule has 2 heterocycles. The number of hydrogen-bond acceptors (Lipinski definition) is 5. The van der Waals surface area contributed by atoms with E-state index in [9.17, 15) is 0 Å². The molecule has 0 saturated carbocycles. The van der Waals surface area contributed by atoms with Crippen molar-refractivity contribution in [1.82, 2.24) is 10.4 Å². The van der Waals surface area contributed by atoms with E-state index in [1.54, 1.807) is 11.8 Å². The zero-order valence-electron chi connectivity index (χ0n) is 6.95. The minimum atomic E-state index is 0.824. The first kappa shape index (κ1) is 8.34. The van der Waals surface area contributed by atoms with Crippen molar-refractivity contribution >= 4 is 16.9 Å². The molecule has 1 N–H and O–H groups in total. The van der Waals surface area contributed by atoms with Gasteiger partial charge < -0.3 is 4.74 Å². The smallest absolute Gasteiger partial charge is 0.171 e. The monoisotopic (exact) mass is 187 g/mol. The first-order valence-corrected chi connectivity index (χ1v) is 5.20. The number of morpholine rings is 1. The molecule has 68 valence electrons. The van der Waals surface area contributed by atoms with Crippen LogP contribution in [0.15, 0.2) is 4.99 Å². The van der Waals surface area contributed by atoms with Crippen molar-refractivity contribution in [3.05, 3.63) is 0 Å². The fraction of sp³-hybridized carbons (Fsp3) is 0.857. The molecule has 0 aromatic rings. The van der Waals surface area contributed by atoms with Gasteiger partial charge in [0.15, 0.2) is 5.17 Å². The summed E-state index contributed by atoms with van der Waals surface area (Å²) < 4.78 is 5.24. The van der Waals surface area contributed by atoms with Gasteiger partial charge in [0.25, 0.3) is 0 Å². The van der Waals surface area contributed by atoms with Crippen LogP contribution in [0.5, 0.6) is 0 Å². The summed E-state index contributed by atoms with van der Waals surface area (Å²) in [6, 6.07) is 0. The summed E-state index contributed by atoms with van der Waals surface area (Å²) in [6.07, 6.45) is 0. The van der Waals surface area contributed by atoms with Crippen LogP contribution >= 0.6 is 11.8 Å². The van der Waals surface area contributed by atoms with Crippen molar-refractivity contribution in [3.63, 3.8) is 0 Å². The summed E-state index contributed by atoms with van der Waals surface area (Å²) in [5.74, 6) is 1.12. The number of aliphatic imine (C=N–C) groups is 1. The van der Waals surface area contributed by atoms with Crippen LogP contribution in [-0.2, 0) is 4.74 Å². The molecule has 0 unspecified atom stereocenters. The van der Waals surface area contributed by atoms with Crippen molar-refractivity contribution in [1.29, 1.82) is 0 Å². The molecule has 4 nitrogen and oxygen atoms in total. The third-order valence-electron chi connectivity index (χ3n) is 1.85. The molecule has 0 aromatic carbocycles. The number of hydrazine groups is 1. The molecule has 1 saturated heterocycles. The second kappa shape index (κ2) is 4.11. The third-order valence-corrected chi connectivity index (χ3v) is 2.73. The number of nitrogens with zero attached hydrogens (tertiary/aromatic N) is 2. The highest BCUT2D eigenvalue weighted by Gasteiger charge is 2.13. The van der Waals surface area contributed by atoms with Gasteiger partial charge in [0.1, 0.15) is 0 Å². The Balaban J connectivity index is 1.77. The number of nitrogens with one attached hydrogen (secondary N) is 1. The normalized spacial score (nSPS) is 25.5. The Morgan fingerprint density at radius 3 is 2.92 bits per heavy atom. The van der Waals surface area contributed by atoms with Crippen LogP contribution in [0, 0.1) is 0 Å². The molecular weight excluding hydrogens is 174 g/mol. The van der Waals surface area contributed by atoms with E-state index in [0.29, 0.717) is 0 Å². The first-order chi connectivity index (χ1) is 5.95. The van der Waals surface area contributed by atoms with Gasteiger partial charge in [-0.2, -0.15) is 0 Å². The van der Waals surface area contributed by atoms with E-state index >= 15 is 0 Å². The average Bonchev–Trinajstić information content (AvgIpc) is 2.59. The van der Waals surface area contributed by atoms with Gasteiger partial charge in [-0.1, -0.05) is 11.8 Å². The molecule has 0 aromatic heterocycles. The predicted octanol–water partition coefficient (Wildman–Crippen LogP) is -0.0740. The topological polar surface area (TPSA) is 36.9 Å². The van der Waals surface area contributed by atoms with E-state index < -0.39 is 0 Å². The van der Waals surface area contributed by atoms with Crippen LogP contribution in [0.25, 0.3) is 0 Å². The fourth-order valence-corrected chi connectivity index (χ4v) is 1.97. The van der Waals surface area contributed by atoms with Crippen molar-refractivity contribution in [2.24, 2.45) is 4.99 Å². The van der Waals surface area contributed by atoms with E-state index in [-0.39, 0.29) is 0 Å². The van der Waals surface area contributed by atoms with Gasteiger partial charge in [-0.3, -0.25) is 10.4 Å². The van der Waals surface area contributed by atoms with E-state index in [2.05, 4.69) is 15.4 Å². The number of ether oxygens (including phenoxy) is 1. The molecule has 0 amide bonds. The van der Waals surface area contributed by atoms with Crippen molar-refractivity contribution in [2.45, 2.75) is 0 Å². The SMILES string of the molecule is C1CSC(NN2CCOCC2)=N1. The van der Waals surface area contributed by atoms with E-state index in [0.717, 1.165) is 43.8 Å². The van der Waals surface area contributed by atoms with E-state index in [4.69, 9.17) is 4.74 Å². The lowest BCUT2D eigenvalue weighted by Crippen LogP contribution is -2.47. The van der Waals surface area contributed by atoms with Gasteiger partial charge in [-0.25, -0.2) is 5.01 Å². The van der Waals surface area contributed by atoms with E-state index in [1.807, 2.05) is 0 Å². The summed E-state index contributed by atoms with van der Waals surface area (Å²) in [6.45, 7) is 4.52. The summed E-state index contributed by atoms with van der Waals surface area (Å²) in [7, 11) is 0. The molecule has 2 aliphatic rings. The maximum absolute atomic E-state index is 5.24. The lowest BCUT2D eigenvalue weighted by atomic mass is 10.5. The Labute approximate surface area is 76.3 Å². The Morgan fingerprint density at radius 2 is 2.25 bits per heavy atom. The van der Waals surface area contributed by atoms with Crippen molar-refractivity contribution in [3.8, 4) is 0 Å². The Morgan fingerprint density at radius 1 is 1.42 bits per heavy atom. The second-order valence-electron chi connectivity index (χ2n) is 2.75. The Hall–Kier alpha value is -0.260. The number of rotatable bonds is 1. The highest BCUT2D eigenvalue weighted by Crippen LogP contribution is 2.09. The lowest BCUT2D eigenvalue weighted by molar-refractivity contribution is 0.0254. The minimum Gasteiger partial charge on any atom is -0.379 e. The molecule has 0 bridgehead atoms. The van der Waals surface area contributed by atoms with Crippen LogP contribution < -0.4 is 5.43 Å². The molecule has 0 atom stereocenters. The fourth-order valence-electron chi connectivity index (χ4n) is 1.21. The van der Waals surface area contributed by atoms with Crippen molar-refractivity contribution < 1.29 is 4.74 Å². The van der Waals surface area contributed by atoms with Gasteiger partial charge in [-0.15, -0.1) is 0 Å². The molecule has 2 aliphatic heterocycles. The van der Waals surface area contributed by atoms with Gasteiger partial charge in [0.05, 0.1) is 19.8 Å².